The van der Waals surface area contributed by atoms with Gasteiger partial charge >= 0.3 is 0 Å². The summed E-state index contributed by atoms with van der Waals surface area (Å²) >= 11 is 0. The zero-order valence-electron chi connectivity index (χ0n) is 20.0. The number of nitrogens with zero attached hydrogens (tertiary/aromatic N) is 5. The summed E-state index contributed by atoms with van der Waals surface area (Å²) < 4.78 is 34.6. The van der Waals surface area contributed by atoms with Gasteiger partial charge in [0.1, 0.15) is 11.9 Å². The van der Waals surface area contributed by atoms with Gasteiger partial charge in [0.05, 0.1) is 25.4 Å². The minimum Gasteiger partial charge on any atom is -0.470 e. The molecule has 0 bridgehead atoms. The number of carbonyl (C=O) groups is 1. The van der Waals surface area contributed by atoms with Gasteiger partial charge in [-0.1, -0.05) is 20.8 Å². The quantitative estimate of drug-likeness (QED) is 0.657. The van der Waals surface area contributed by atoms with Gasteiger partial charge in [-0.25, -0.2) is 13.5 Å². The lowest BCUT2D eigenvalue weighted by Crippen LogP contribution is -2.58. The van der Waals surface area contributed by atoms with E-state index < -0.39 is 11.3 Å². The van der Waals surface area contributed by atoms with Gasteiger partial charge in [-0.15, -0.1) is 0 Å². The Morgan fingerprint density at radius 3 is 2.53 bits per heavy atom. The predicted molar refractivity (Wildman–Crippen MR) is 121 cm³/mol. The first kappa shape index (κ1) is 24.3. The summed E-state index contributed by atoms with van der Waals surface area (Å²) in [6, 6.07) is 1.51. The number of aliphatic hydroxyl groups excluding tert-OH is 1. The van der Waals surface area contributed by atoms with Crippen LogP contribution in [0.15, 0.2) is 12.3 Å². The fraction of sp³-hybridized carbons (Fsp3) is 0.652. The number of hydrogen-bond donors (Lipinski definition) is 2. The number of ether oxygens (including phenoxy) is 1. The Balaban J connectivity index is 1.52. The van der Waals surface area contributed by atoms with Gasteiger partial charge in [0.2, 0.25) is 17.7 Å². The highest BCUT2D eigenvalue weighted by atomic mass is 19.3. The summed E-state index contributed by atoms with van der Waals surface area (Å²) in [6.45, 7) is 8.18. The van der Waals surface area contributed by atoms with Crippen molar-refractivity contribution in [3.63, 3.8) is 0 Å². The second-order valence-electron chi connectivity index (χ2n) is 10.2. The number of alkyl halides is 2. The highest BCUT2D eigenvalue weighted by Gasteiger charge is 2.38. The molecule has 11 heteroatoms. The zero-order chi connectivity index (χ0) is 24.7. The Morgan fingerprint density at radius 2 is 1.94 bits per heavy atom. The van der Waals surface area contributed by atoms with Gasteiger partial charge in [-0.2, -0.15) is 15.1 Å². The maximum Gasteiger partial charge on any atom is 0.255 e. The molecular formula is C23H32F2N6O3. The van der Waals surface area contributed by atoms with Crippen LogP contribution in [0.2, 0.25) is 0 Å². The molecule has 2 aliphatic rings. The third-order valence-corrected chi connectivity index (χ3v) is 6.18. The molecule has 2 aromatic rings. The van der Waals surface area contributed by atoms with E-state index in [0.29, 0.717) is 43.3 Å². The Kier molecular flexibility index (Phi) is 6.50. The number of rotatable bonds is 6. The second-order valence-corrected chi connectivity index (χ2v) is 10.2. The molecule has 2 fully saturated rings. The Labute approximate surface area is 197 Å². The van der Waals surface area contributed by atoms with Crippen LogP contribution >= 0.6 is 0 Å². The number of nitrogens with one attached hydrogen (secondary N) is 1. The van der Waals surface area contributed by atoms with E-state index >= 15 is 0 Å². The maximum atomic E-state index is 13.6. The highest BCUT2D eigenvalue weighted by Crippen LogP contribution is 2.34. The number of likely N-dealkylation sites (tertiary alicyclic amines) is 1. The van der Waals surface area contributed by atoms with E-state index in [1.54, 1.807) is 17.2 Å². The number of carbonyl (C=O) groups excluding carboxylic acids is 1. The lowest BCUT2D eigenvalue weighted by atomic mass is 9.92. The molecule has 1 saturated carbocycles. The van der Waals surface area contributed by atoms with Crippen molar-refractivity contribution in [2.24, 2.45) is 5.41 Å². The smallest absolute Gasteiger partial charge is 0.255 e. The van der Waals surface area contributed by atoms with Crippen molar-refractivity contribution in [2.75, 3.05) is 18.4 Å². The van der Waals surface area contributed by atoms with Crippen LogP contribution in [-0.2, 0) is 11.4 Å². The monoisotopic (exact) mass is 478 g/mol. The number of hydrogen-bond acceptors (Lipinski definition) is 7. The summed E-state index contributed by atoms with van der Waals surface area (Å²) in [5, 5.41) is 17.1. The van der Waals surface area contributed by atoms with Crippen molar-refractivity contribution in [1.82, 2.24) is 24.6 Å². The molecule has 1 aliphatic carbocycles. The highest BCUT2D eigenvalue weighted by molar-refractivity contribution is 5.82. The van der Waals surface area contributed by atoms with Crippen LogP contribution in [0, 0.1) is 12.3 Å². The molecule has 4 rings (SSSR count). The van der Waals surface area contributed by atoms with Gasteiger partial charge in [0.25, 0.3) is 5.95 Å². The Morgan fingerprint density at radius 1 is 1.26 bits per heavy atom. The van der Waals surface area contributed by atoms with Crippen molar-refractivity contribution < 1.29 is 23.4 Å². The largest absolute Gasteiger partial charge is 0.470 e. The molecule has 0 aromatic carbocycles. The van der Waals surface area contributed by atoms with Crippen molar-refractivity contribution in [3.8, 4) is 11.8 Å². The number of aryl methyl sites for hydroxylation is 1. The van der Waals surface area contributed by atoms with Crippen LogP contribution in [0.1, 0.15) is 57.7 Å². The molecule has 1 amide bonds. The molecule has 0 radical (unpaired) electrons. The van der Waals surface area contributed by atoms with E-state index in [-0.39, 0.29) is 43.4 Å². The van der Waals surface area contributed by atoms with Gasteiger partial charge in [-0.05, 0) is 25.3 Å². The number of halogens is 2. The van der Waals surface area contributed by atoms with E-state index in [1.807, 2.05) is 27.7 Å². The van der Waals surface area contributed by atoms with Crippen molar-refractivity contribution >= 4 is 11.7 Å². The summed E-state index contributed by atoms with van der Waals surface area (Å²) in [6.07, 6.45) is 1.86. The Bertz CT molecular complexity index is 1040. The van der Waals surface area contributed by atoms with E-state index in [0.717, 1.165) is 5.56 Å². The van der Waals surface area contributed by atoms with Crippen LogP contribution in [0.5, 0.6) is 5.88 Å². The fourth-order valence-corrected chi connectivity index (χ4v) is 4.12. The molecule has 0 atom stereocenters. The molecule has 2 N–H and O–H groups in total. The minimum absolute atomic E-state index is 0.0655. The van der Waals surface area contributed by atoms with Gasteiger partial charge in [0, 0.05) is 36.6 Å². The normalized spacial score (nSPS) is 19.1. The fourth-order valence-electron chi connectivity index (χ4n) is 4.12. The molecule has 2 aromatic heterocycles. The van der Waals surface area contributed by atoms with Gasteiger partial charge < -0.3 is 20.1 Å². The number of anilines is 1. The third-order valence-electron chi connectivity index (χ3n) is 6.18. The maximum absolute atomic E-state index is 13.6. The number of aromatic nitrogens is 4. The number of amides is 1. The van der Waals surface area contributed by atoms with Crippen LogP contribution < -0.4 is 10.1 Å². The van der Waals surface area contributed by atoms with Crippen molar-refractivity contribution in [1.29, 1.82) is 0 Å². The molecular weight excluding hydrogens is 446 g/mol. The average molecular weight is 479 g/mol. The lowest BCUT2D eigenvalue weighted by Gasteiger charge is -2.41. The molecule has 0 unspecified atom stereocenters. The molecule has 9 nitrogen and oxygen atoms in total. The Hall–Kier alpha value is -2.82. The first-order valence-corrected chi connectivity index (χ1v) is 11.6. The van der Waals surface area contributed by atoms with E-state index in [9.17, 15) is 18.7 Å². The second kappa shape index (κ2) is 9.09. The van der Waals surface area contributed by atoms with E-state index in [4.69, 9.17) is 4.74 Å². The van der Waals surface area contributed by atoms with Gasteiger partial charge in [-0.3, -0.25) is 4.79 Å². The van der Waals surface area contributed by atoms with Gasteiger partial charge in [0.15, 0.2) is 0 Å². The van der Waals surface area contributed by atoms with Crippen LogP contribution in [0.3, 0.4) is 0 Å². The lowest BCUT2D eigenvalue weighted by molar-refractivity contribution is -0.148. The molecule has 34 heavy (non-hydrogen) atoms. The molecule has 1 aliphatic heterocycles. The summed E-state index contributed by atoms with van der Waals surface area (Å²) in [5.41, 5.74) is 0.842. The molecule has 3 heterocycles. The van der Waals surface area contributed by atoms with Crippen molar-refractivity contribution in [3.05, 3.63) is 23.5 Å². The molecule has 1 saturated heterocycles. The van der Waals surface area contributed by atoms with E-state index in [1.165, 1.54) is 4.68 Å². The van der Waals surface area contributed by atoms with Crippen molar-refractivity contribution in [2.45, 2.75) is 78.1 Å². The first-order valence-electron chi connectivity index (χ1n) is 11.6. The summed E-state index contributed by atoms with van der Waals surface area (Å²) in [4.78, 5) is 23.2. The minimum atomic E-state index is -2.61. The zero-order valence-corrected chi connectivity index (χ0v) is 20.0. The first-order chi connectivity index (χ1) is 15.9. The summed E-state index contributed by atoms with van der Waals surface area (Å²) in [5.74, 6) is -1.55. The average Bonchev–Trinajstić information content (AvgIpc) is 3.11. The van der Waals surface area contributed by atoms with E-state index in [2.05, 4.69) is 20.4 Å². The predicted octanol–water partition coefficient (Wildman–Crippen LogP) is 3.09. The topological polar surface area (TPSA) is 105 Å². The molecule has 0 spiro atoms. The number of aliphatic hydroxyl groups is 1. The molecule has 186 valence electrons. The standard InChI is InChI=1S/C23H32F2N6O3/c1-14-10-31(29-17(14)13-32)21-27-18(26-15-5-7-23(24,25)8-6-15)9-19(28-21)34-16-11-30(12-16)20(33)22(2,3)4/h9-10,15-16,32H,5-8,11-13H2,1-4H3,(H,26,27,28). The van der Waals surface area contributed by atoms with Crippen LogP contribution in [0.4, 0.5) is 14.6 Å². The SMILES string of the molecule is Cc1cn(-c2nc(NC3CCC(F)(F)CC3)cc(OC3CN(C(=O)C(C)(C)C)C3)n2)nc1CO. The third kappa shape index (κ3) is 5.45. The summed E-state index contributed by atoms with van der Waals surface area (Å²) in [7, 11) is 0. The van der Waals surface area contributed by atoms with Crippen LogP contribution in [-0.4, -0.2) is 66.8 Å². The van der Waals surface area contributed by atoms with Crippen LogP contribution in [0.25, 0.3) is 5.95 Å².